The number of rotatable bonds is 8. The number of nitrogens with zero attached hydrogens (tertiary/aromatic N) is 3. The fraction of sp³-hybridized carbons (Fsp3) is 0.240. The van der Waals surface area contributed by atoms with E-state index in [1.54, 1.807) is 6.20 Å². The van der Waals surface area contributed by atoms with E-state index in [4.69, 9.17) is 4.98 Å². The maximum Gasteiger partial charge on any atom is 0.224 e. The van der Waals surface area contributed by atoms with E-state index in [0.29, 0.717) is 19.5 Å². The fourth-order valence-corrected chi connectivity index (χ4v) is 3.68. The summed E-state index contributed by atoms with van der Waals surface area (Å²) < 4.78 is 2.13. The number of aromatic nitrogens is 3. The summed E-state index contributed by atoms with van der Waals surface area (Å²) in [6.45, 7) is 3.23. The van der Waals surface area contributed by atoms with Crippen molar-refractivity contribution < 1.29 is 4.79 Å². The summed E-state index contributed by atoms with van der Waals surface area (Å²) in [6, 6.07) is 22.3. The van der Waals surface area contributed by atoms with Gasteiger partial charge in [0.15, 0.2) is 5.65 Å². The highest BCUT2D eigenvalue weighted by Gasteiger charge is 2.12. The number of amides is 1. The Balaban J connectivity index is 1.42. The molecule has 0 aliphatic carbocycles. The monoisotopic (exact) mass is 398 g/mol. The van der Waals surface area contributed by atoms with E-state index in [9.17, 15) is 4.79 Å². The molecule has 0 atom stereocenters. The molecular formula is C25H26N4O. The third kappa shape index (κ3) is 4.74. The van der Waals surface area contributed by atoms with Gasteiger partial charge in [0.1, 0.15) is 11.3 Å². The van der Waals surface area contributed by atoms with Crippen molar-refractivity contribution in [3.8, 4) is 0 Å². The molecule has 1 N–H and O–H groups in total. The average Bonchev–Trinajstić information content (AvgIpc) is 3.12. The molecule has 5 heteroatoms. The molecule has 0 aliphatic rings. The first kappa shape index (κ1) is 19.8. The molecule has 1 amide bonds. The number of pyridine rings is 1. The molecule has 2 aromatic carbocycles. The van der Waals surface area contributed by atoms with Gasteiger partial charge in [-0.1, -0.05) is 54.6 Å². The van der Waals surface area contributed by atoms with Crippen LogP contribution in [0.5, 0.6) is 0 Å². The van der Waals surface area contributed by atoms with Crippen molar-refractivity contribution in [2.24, 2.45) is 0 Å². The molecule has 0 aliphatic heterocycles. The maximum absolute atomic E-state index is 12.4. The molecule has 0 saturated carbocycles. The number of carbonyl (C=O) groups is 1. The molecule has 0 radical (unpaired) electrons. The smallest absolute Gasteiger partial charge is 0.224 e. The zero-order valence-corrected chi connectivity index (χ0v) is 17.2. The molecule has 30 heavy (non-hydrogen) atoms. The van der Waals surface area contributed by atoms with Crippen LogP contribution in [-0.4, -0.2) is 27.0 Å². The van der Waals surface area contributed by atoms with Crippen molar-refractivity contribution in [2.45, 2.75) is 32.7 Å². The predicted molar refractivity (Wildman–Crippen MR) is 119 cm³/mol. The number of aryl methyl sites for hydroxylation is 3. The zero-order valence-electron chi connectivity index (χ0n) is 17.2. The Morgan fingerprint density at radius 1 is 0.967 bits per heavy atom. The number of fused-ring (bicyclic) bond motifs is 1. The summed E-state index contributed by atoms with van der Waals surface area (Å²) in [5.41, 5.74) is 5.25. The lowest BCUT2D eigenvalue weighted by atomic mass is 10.1. The van der Waals surface area contributed by atoms with Gasteiger partial charge in [-0.15, -0.1) is 0 Å². The molecule has 0 spiro atoms. The Kier molecular flexibility index (Phi) is 6.18. The highest BCUT2D eigenvalue weighted by molar-refractivity contribution is 5.79. The fourth-order valence-electron chi connectivity index (χ4n) is 3.68. The first-order valence-electron chi connectivity index (χ1n) is 10.4. The van der Waals surface area contributed by atoms with Gasteiger partial charge in [-0.2, -0.15) is 0 Å². The summed E-state index contributed by atoms with van der Waals surface area (Å²) in [7, 11) is 0. The van der Waals surface area contributed by atoms with E-state index in [-0.39, 0.29) is 5.91 Å². The highest BCUT2D eigenvalue weighted by atomic mass is 16.1. The Bertz CT molecular complexity index is 1130. The van der Waals surface area contributed by atoms with Crippen LogP contribution in [0.2, 0.25) is 0 Å². The molecule has 152 valence electrons. The first-order chi connectivity index (χ1) is 14.7. The van der Waals surface area contributed by atoms with E-state index >= 15 is 0 Å². The van der Waals surface area contributed by atoms with Gasteiger partial charge in [-0.3, -0.25) is 4.79 Å². The molecule has 2 heterocycles. The van der Waals surface area contributed by atoms with Gasteiger partial charge >= 0.3 is 0 Å². The lowest BCUT2D eigenvalue weighted by Crippen LogP contribution is -2.29. The Morgan fingerprint density at radius 2 is 1.77 bits per heavy atom. The van der Waals surface area contributed by atoms with Crippen LogP contribution in [-0.2, 0) is 30.6 Å². The number of imidazole rings is 1. The highest BCUT2D eigenvalue weighted by Crippen LogP contribution is 2.15. The molecule has 0 saturated heterocycles. The van der Waals surface area contributed by atoms with Crippen LogP contribution in [0.1, 0.15) is 22.5 Å². The molecule has 4 rings (SSSR count). The SMILES string of the molecule is Cc1ccccc1CC(=O)NCCn1c(CCc2ccccc2)nc2cccnc21. The third-order valence-corrected chi connectivity index (χ3v) is 5.33. The summed E-state index contributed by atoms with van der Waals surface area (Å²) >= 11 is 0. The van der Waals surface area contributed by atoms with Gasteiger partial charge in [0.2, 0.25) is 5.91 Å². The van der Waals surface area contributed by atoms with Gasteiger partial charge in [-0.05, 0) is 42.2 Å². The van der Waals surface area contributed by atoms with Gasteiger partial charge < -0.3 is 9.88 Å². The average molecular weight is 399 g/mol. The van der Waals surface area contributed by atoms with Crippen LogP contribution in [0.25, 0.3) is 11.2 Å². The molecule has 0 fully saturated rings. The minimum atomic E-state index is 0.0347. The molecular weight excluding hydrogens is 372 g/mol. The van der Waals surface area contributed by atoms with Gasteiger partial charge in [0.05, 0.1) is 6.42 Å². The van der Waals surface area contributed by atoms with Crippen LogP contribution in [0, 0.1) is 6.92 Å². The van der Waals surface area contributed by atoms with Crippen LogP contribution < -0.4 is 5.32 Å². The standard InChI is InChI=1S/C25H26N4O/c1-19-8-5-6-11-21(19)18-24(30)26-16-17-29-23(14-13-20-9-3-2-4-10-20)28-22-12-7-15-27-25(22)29/h2-12,15H,13-14,16-18H2,1H3,(H,26,30). The zero-order chi connectivity index (χ0) is 20.8. The molecule has 0 unspecified atom stereocenters. The second kappa shape index (κ2) is 9.35. The number of carbonyl (C=O) groups excluding carboxylic acids is 1. The van der Waals surface area contributed by atoms with Crippen molar-refractivity contribution in [1.29, 1.82) is 0 Å². The number of nitrogens with one attached hydrogen (secondary N) is 1. The Hall–Kier alpha value is -3.47. The molecule has 0 bridgehead atoms. The third-order valence-electron chi connectivity index (χ3n) is 5.33. The van der Waals surface area contributed by atoms with Crippen LogP contribution in [0.15, 0.2) is 72.9 Å². The number of benzene rings is 2. The number of hydrogen-bond acceptors (Lipinski definition) is 3. The summed E-state index contributed by atoms with van der Waals surface area (Å²) in [6.07, 6.45) is 3.94. The van der Waals surface area contributed by atoms with E-state index in [2.05, 4.69) is 39.1 Å². The largest absolute Gasteiger partial charge is 0.354 e. The van der Waals surface area contributed by atoms with Gasteiger partial charge in [0, 0.05) is 25.7 Å². The Labute approximate surface area is 176 Å². The van der Waals surface area contributed by atoms with Crippen molar-refractivity contribution >= 4 is 17.1 Å². The summed E-state index contributed by atoms with van der Waals surface area (Å²) in [5, 5.41) is 3.05. The topological polar surface area (TPSA) is 59.8 Å². The van der Waals surface area contributed by atoms with Crippen molar-refractivity contribution in [3.63, 3.8) is 0 Å². The first-order valence-corrected chi connectivity index (χ1v) is 10.4. The maximum atomic E-state index is 12.4. The minimum Gasteiger partial charge on any atom is -0.354 e. The molecule has 2 aromatic heterocycles. The molecule has 4 aromatic rings. The van der Waals surface area contributed by atoms with Crippen LogP contribution in [0.3, 0.4) is 0 Å². The second-order valence-electron chi connectivity index (χ2n) is 7.46. The lowest BCUT2D eigenvalue weighted by Gasteiger charge is -2.11. The number of hydrogen-bond donors (Lipinski definition) is 1. The minimum absolute atomic E-state index is 0.0347. The van der Waals surface area contributed by atoms with Crippen molar-refractivity contribution in [3.05, 3.63) is 95.4 Å². The van der Waals surface area contributed by atoms with Crippen LogP contribution >= 0.6 is 0 Å². The predicted octanol–water partition coefficient (Wildman–Crippen LogP) is 3.88. The van der Waals surface area contributed by atoms with E-state index in [1.807, 2.05) is 49.4 Å². The molecule has 5 nitrogen and oxygen atoms in total. The summed E-state index contributed by atoms with van der Waals surface area (Å²) in [4.78, 5) is 21.7. The summed E-state index contributed by atoms with van der Waals surface area (Å²) in [5.74, 6) is 1.04. The Morgan fingerprint density at radius 3 is 2.60 bits per heavy atom. The quantitative estimate of drug-likeness (QED) is 0.490. The van der Waals surface area contributed by atoms with Gasteiger partial charge in [-0.25, -0.2) is 9.97 Å². The van der Waals surface area contributed by atoms with E-state index in [1.165, 1.54) is 5.56 Å². The van der Waals surface area contributed by atoms with Crippen molar-refractivity contribution in [1.82, 2.24) is 19.9 Å². The normalized spacial score (nSPS) is 11.0. The van der Waals surface area contributed by atoms with Crippen molar-refractivity contribution in [2.75, 3.05) is 6.54 Å². The van der Waals surface area contributed by atoms with Gasteiger partial charge in [0.25, 0.3) is 0 Å². The lowest BCUT2D eigenvalue weighted by molar-refractivity contribution is -0.120. The van der Waals surface area contributed by atoms with Crippen LogP contribution in [0.4, 0.5) is 0 Å². The van der Waals surface area contributed by atoms with E-state index in [0.717, 1.165) is 41.0 Å². The second-order valence-corrected chi connectivity index (χ2v) is 7.46. The van der Waals surface area contributed by atoms with E-state index < -0.39 is 0 Å².